The van der Waals surface area contributed by atoms with Crippen LogP contribution in [0.25, 0.3) is 16.5 Å². The predicted octanol–water partition coefficient (Wildman–Crippen LogP) is 4.45. The number of ketones is 1. The first-order valence-electron chi connectivity index (χ1n) is 11.1. The highest BCUT2D eigenvalue weighted by atomic mass is 32.2. The quantitative estimate of drug-likeness (QED) is 0.200. The van der Waals surface area contributed by atoms with Crippen LogP contribution in [0.1, 0.15) is 5.56 Å². The fraction of sp³-hybridized carbons (Fsp3) is 0.222. The molecule has 0 spiro atoms. The molecule has 1 aliphatic heterocycles. The van der Waals surface area contributed by atoms with Crippen LogP contribution < -0.4 is 0 Å². The molecule has 0 aromatic heterocycles. The molecule has 1 aliphatic rings. The van der Waals surface area contributed by atoms with Gasteiger partial charge in [0.05, 0.1) is 24.7 Å². The number of hydrogen-bond acceptors (Lipinski definition) is 7. The first kappa shape index (κ1) is 24.5. The van der Waals surface area contributed by atoms with E-state index >= 15 is 0 Å². The number of esters is 1. The number of morpholine rings is 1. The van der Waals surface area contributed by atoms with Gasteiger partial charge in [-0.05, 0) is 52.7 Å². The van der Waals surface area contributed by atoms with Crippen LogP contribution in [0, 0.1) is 17.1 Å². The Bertz CT molecular complexity index is 1290. The number of carbonyl (C=O) groups excluding carboxylic acids is 2. The van der Waals surface area contributed by atoms with Crippen molar-refractivity contribution in [2.24, 2.45) is 0 Å². The Hall–Kier alpha value is -3.67. The first-order valence-corrected chi connectivity index (χ1v) is 12.1. The number of nitrogens with zero attached hydrogens (tertiary/aromatic N) is 2. The molecule has 8 heteroatoms. The molecule has 0 radical (unpaired) electrons. The van der Waals surface area contributed by atoms with E-state index < -0.39 is 24.2 Å². The smallest absolute Gasteiger partial charge is 0.316 e. The van der Waals surface area contributed by atoms with Crippen molar-refractivity contribution in [3.63, 3.8) is 0 Å². The Kier molecular flexibility index (Phi) is 8.14. The van der Waals surface area contributed by atoms with Crippen molar-refractivity contribution in [3.05, 3.63) is 83.7 Å². The van der Waals surface area contributed by atoms with Crippen molar-refractivity contribution >= 4 is 40.0 Å². The second kappa shape index (κ2) is 11.6. The highest BCUT2D eigenvalue weighted by Crippen LogP contribution is 2.26. The van der Waals surface area contributed by atoms with Gasteiger partial charge in [-0.2, -0.15) is 5.26 Å². The van der Waals surface area contributed by atoms with Gasteiger partial charge in [0, 0.05) is 18.0 Å². The van der Waals surface area contributed by atoms with E-state index in [1.54, 1.807) is 0 Å². The van der Waals surface area contributed by atoms with E-state index in [1.807, 2.05) is 53.4 Å². The Balaban J connectivity index is 1.43. The number of carbonyl (C=O) groups is 2. The van der Waals surface area contributed by atoms with Crippen LogP contribution in [0.4, 0.5) is 4.39 Å². The summed E-state index contributed by atoms with van der Waals surface area (Å²) in [6.45, 7) is 1.30. The number of thioether (sulfide) groups is 1. The van der Waals surface area contributed by atoms with Gasteiger partial charge in [0.1, 0.15) is 17.5 Å². The van der Waals surface area contributed by atoms with E-state index in [4.69, 9.17) is 9.47 Å². The van der Waals surface area contributed by atoms with E-state index in [9.17, 15) is 19.2 Å². The minimum atomic E-state index is -0.609. The lowest BCUT2D eigenvalue weighted by atomic mass is 10.0. The maximum Gasteiger partial charge on any atom is 0.316 e. The molecule has 35 heavy (non-hydrogen) atoms. The minimum Gasteiger partial charge on any atom is -0.457 e. The lowest BCUT2D eigenvalue weighted by molar-refractivity contribution is -0.144. The molecule has 0 atom stereocenters. The number of halogens is 1. The topological polar surface area (TPSA) is 79.6 Å². The van der Waals surface area contributed by atoms with Crippen LogP contribution in [0.3, 0.4) is 0 Å². The molecule has 0 unspecified atom stereocenters. The number of benzene rings is 3. The molecule has 1 saturated heterocycles. The predicted molar refractivity (Wildman–Crippen MR) is 132 cm³/mol. The van der Waals surface area contributed by atoms with Crippen molar-refractivity contribution in [1.29, 1.82) is 5.26 Å². The number of hydrogen-bond donors (Lipinski definition) is 0. The molecule has 6 nitrogen and oxygen atoms in total. The van der Waals surface area contributed by atoms with Gasteiger partial charge < -0.3 is 14.4 Å². The normalized spacial score (nSPS) is 14.2. The van der Waals surface area contributed by atoms with Crippen LogP contribution >= 0.6 is 11.8 Å². The Morgan fingerprint density at radius 2 is 1.74 bits per heavy atom. The third-order valence-corrected chi connectivity index (χ3v) is 6.48. The second-order valence-corrected chi connectivity index (χ2v) is 8.87. The van der Waals surface area contributed by atoms with Crippen molar-refractivity contribution in [1.82, 2.24) is 4.90 Å². The summed E-state index contributed by atoms with van der Waals surface area (Å²) in [7, 11) is 0. The molecule has 0 saturated carbocycles. The lowest BCUT2D eigenvalue weighted by Gasteiger charge is -2.32. The Morgan fingerprint density at radius 1 is 1.03 bits per heavy atom. The molecule has 0 bridgehead atoms. The van der Waals surface area contributed by atoms with E-state index in [1.165, 1.54) is 36.0 Å². The SMILES string of the molecule is N#CC(C(=O)COC(=O)CSc1ccc2ccccc2c1)=C(c1ccc(F)cc1)N1CCOCC1. The van der Waals surface area contributed by atoms with Gasteiger partial charge in [-0.25, -0.2) is 4.39 Å². The monoisotopic (exact) mass is 490 g/mol. The summed E-state index contributed by atoms with van der Waals surface area (Å²) < 4.78 is 24.0. The molecule has 4 rings (SSSR count). The van der Waals surface area contributed by atoms with Gasteiger partial charge in [-0.3, -0.25) is 9.59 Å². The van der Waals surface area contributed by atoms with Crippen LogP contribution in [-0.2, 0) is 19.1 Å². The molecule has 1 heterocycles. The van der Waals surface area contributed by atoms with Gasteiger partial charge in [0.15, 0.2) is 6.61 Å². The van der Waals surface area contributed by atoms with Crippen LogP contribution in [0.15, 0.2) is 77.2 Å². The van der Waals surface area contributed by atoms with Crippen molar-refractivity contribution in [2.45, 2.75) is 4.90 Å². The molecule has 0 amide bonds. The largest absolute Gasteiger partial charge is 0.457 e. The molecule has 1 fully saturated rings. The van der Waals surface area contributed by atoms with Crippen LogP contribution in [-0.4, -0.2) is 55.3 Å². The van der Waals surface area contributed by atoms with E-state index in [2.05, 4.69) is 0 Å². The maximum absolute atomic E-state index is 13.5. The van der Waals surface area contributed by atoms with Gasteiger partial charge in [0.25, 0.3) is 0 Å². The Morgan fingerprint density at radius 3 is 2.46 bits per heavy atom. The van der Waals surface area contributed by atoms with E-state index in [0.29, 0.717) is 37.6 Å². The Labute approximate surface area is 206 Å². The molecule has 0 aliphatic carbocycles. The standard InChI is InChI=1S/C27H23FN2O4S/c28-22-8-5-20(6-9-22)27(30-11-13-33-14-12-30)24(16-29)25(31)17-34-26(32)18-35-23-10-7-19-3-1-2-4-21(19)15-23/h1-10,15H,11-14,17-18H2. The zero-order valence-corrected chi connectivity index (χ0v) is 19.7. The fourth-order valence-electron chi connectivity index (χ4n) is 3.79. The molecule has 0 N–H and O–H groups in total. The van der Waals surface area contributed by atoms with Crippen LogP contribution in [0.5, 0.6) is 0 Å². The molecular weight excluding hydrogens is 467 g/mol. The zero-order chi connectivity index (χ0) is 24.6. The number of fused-ring (bicyclic) bond motifs is 1. The summed E-state index contributed by atoms with van der Waals surface area (Å²) in [5.41, 5.74) is 0.798. The van der Waals surface area contributed by atoms with Gasteiger partial charge in [0.2, 0.25) is 5.78 Å². The third kappa shape index (κ3) is 6.27. The van der Waals surface area contributed by atoms with Gasteiger partial charge in [-0.1, -0.05) is 30.3 Å². The summed E-state index contributed by atoms with van der Waals surface area (Å²) in [5.74, 6) is -1.55. The molecule has 3 aromatic carbocycles. The zero-order valence-electron chi connectivity index (χ0n) is 18.9. The first-order chi connectivity index (χ1) is 17.0. The number of rotatable bonds is 8. The maximum atomic E-state index is 13.5. The van der Waals surface area contributed by atoms with Gasteiger partial charge in [-0.15, -0.1) is 11.8 Å². The highest BCUT2D eigenvalue weighted by molar-refractivity contribution is 8.00. The average Bonchev–Trinajstić information content (AvgIpc) is 2.90. The summed E-state index contributed by atoms with van der Waals surface area (Å²) in [6, 6.07) is 21.4. The second-order valence-electron chi connectivity index (χ2n) is 7.82. The summed E-state index contributed by atoms with van der Waals surface area (Å²) >= 11 is 1.32. The summed E-state index contributed by atoms with van der Waals surface area (Å²) in [5, 5.41) is 12.0. The summed E-state index contributed by atoms with van der Waals surface area (Å²) in [4.78, 5) is 28.0. The van der Waals surface area contributed by atoms with Crippen molar-refractivity contribution in [3.8, 4) is 6.07 Å². The fourth-order valence-corrected chi connectivity index (χ4v) is 4.53. The van der Waals surface area contributed by atoms with Crippen molar-refractivity contribution < 1.29 is 23.5 Å². The third-order valence-electron chi connectivity index (χ3n) is 5.51. The number of nitriles is 1. The number of ether oxygens (including phenoxy) is 2. The highest BCUT2D eigenvalue weighted by Gasteiger charge is 2.24. The van der Waals surface area contributed by atoms with Crippen LogP contribution in [0.2, 0.25) is 0 Å². The minimum absolute atomic E-state index is 0.0332. The molecule has 178 valence electrons. The van der Waals surface area contributed by atoms with E-state index in [0.717, 1.165) is 15.7 Å². The average molecular weight is 491 g/mol. The summed E-state index contributed by atoms with van der Waals surface area (Å²) in [6.07, 6.45) is 0. The van der Waals surface area contributed by atoms with E-state index in [-0.39, 0.29) is 11.3 Å². The number of Topliss-reactive ketones (excluding diaryl/α,β-unsaturated/α-hetero) is 1. The molecular formula is C27H23FN2O4S. The van der Waals surface area contributed by atoms with Gasteiger partial charge >= 0.3 is 5.97 Å². The lowest BCUT2D eigenvalue weighted by Crippen LogP contribution is -2.36. The molecule has 3 aromatic rings. The van der Waals surface area contributed by atoms with Crippen molar-refractivity contribution in [2.75, 3.05) is 38.7 Å².